The molecule has 6 aromatic carbocycles. The normalized spacial score (nSPS) is 12.1. The minimum Gasteiger partial charge on any atom is -0.309 e. The van der Waals surface area contributed by atoms with Gasteiger partial charge >= 0.3 is 0 Å². The molecule has 0 saturated heterocycles. The van der Waals surface area contributed by atoms with Gasteiger partial charge in [0.2, 0.25) is 11.6 Å². The molecule has 6 nitrogen and oxygen atoms in total. The third-order valence-corrected chi connectivity index (χ3v) is 8.78. The van der Waals surface area contributed by atoms with Crippen LogP contribution in [0, 0.1) is 0 Å². The highest BCUT2D eigenvalue weighted by Gasteiger charge is 2.20. The first-order valence-corrected chi connectivity index (χ1v) is 14.8. The average molecular weight is 565 g/mol. The molecule has 0 amide bonds. The Balaban J connectivity index is 1.48. The highest BCUT2D eigenvalue weighted by atomic mass is 15.3. The standard InChI is InChI=1S/C38H24N6/c1-2-12-25(13-3-1)42-37-39-29-16-6-10-20-33(29)43(37)35-23-22-26(24-36(35)44-34-21-11-7-17-30(34)40-38(42)44)41-31-18-8-4-14-27(31)28-15-5-9-19-32(28)41/h1-24H. The number of para-hydroxylation sites is 7. The largest absolute Gasteiger partial charge is 0.309 e. The number of hydrogen-bond donors (Lipinski definition) is 0. The molecule has 10 rings (SSSR count). The SMILES string of the molecule is c1ccc(-n2c3nc4ccccc4n3c3ccc(-n4c5ccccc5c5ccccc54)cc3n3c4ccccc4nc23)cc1. The Hall–Kier alpha value is -6.14. The van der Waals surface area contributed by atoms with Crippen LogP contribution in [0.3, 0.4) is 0 Å². The Kier molecular flexibility index (Phi) is 4.63. The Labute approximate surface area is 250 Å². The summed E-state index contributed by atoms with van der Waals surface area (Å²) in [6, 6.07) is 51.2. The summed E-state index contributed by atoms with van der Waals surface area (Å²) in [6.45, 7) is 0. The molecule has 44 heavy (non-hydrogen) atoms. The first-order valence-electron chi connectivity index (χ1n) is 14.8. The van der Waals surface area contributed by atoms with Crippen LogP contribution in [0.25, 0.3) is 77.8 Å². The van der Waals surface area contributed by atoms with Gasteiger partial charge in [-0.3, -0.25) is 8.80 Å². The summed E-state index contributed by atoms with van der Waals surface area (Å²) in [7, 11) is 0. The third-order valence-electron chi connectivity index (χ3n) is 8.78. The first-order chi connectivity index (χ1) is 21.8. The molecule has 0 N–H and O–H groups in total. The van der Waals surface area contributed by atoms with Gasteiger partial charge in [0.1, 0.15) is 0 Å². The highest BCUT2D eigenvalue weighted by molar-refractivity contribution is 6.09. The van der Waals surface area contributed by atoms with E-state index in [1.54, 1.807) is 0 Å². The second-order valence-corrected chi connectivity index (χ2v) is 11.2. The molecule has 0 radical (unpaired) electrons. The molecule has 0 saturated carbocycles. The molecule has 0 aliphatic heterocycles. The lowest BCUT2D eigenvalue weighted by molar-refractivity contribution is 1.03. The summed E-state index contributed by atoms with van der Waals surface area (Å²) in [5.74, 6) is 1.60. The maximum atomic E-state index is 5.26. The number of hydrogen-bond acceptors (Lipinski definition) is 2. The number of imidazole rings is 2. The maximum Gasteiger partial charge on any atom is 0.223 e. The van der Waals surface area contributed by atoms with Crippen molar-refractivity contribution < 1.29 is 0 Å². The van der Waals surface area contributed by atoms with Gasteiger partial charge in [0, 0.05) is 16.5 Å². The van der Waals surface area contributed by atoms with Gasteiger partial charge in [-0.2, -0.15) is 0 Å². The summed E-state index contributed by atoms with van der Waals surface area (Å²) < 4.78 is 9.12. The van der Waals surface area contributed by atoms with Crippen LogP contribution >= 0.6 is 0 Å². The second kappa shape index (κ2) is 8.69. The summed E-state index contributed by atoms with van der Waals surface area (Å²) >= 11 is 0. The summed E-state index contributed by atoms with van der Waals surface area (Å²) in [4.78, 5) is 10.5. The fourth-order valence-corrected chi connectivity index (χ4v) is 6.92. The molecule has 0 spiro atoms. The van der Waals surface area contributed by atoms with E-state index in [-0.39, 0.29) is 0 Å². The smallest absolute Gasteiger partial charge is 0.223 e. The van der Waals surface area contributed by atoms with E-state index >= 15 is 0 Å². The van der Waals surface area contributed by atoms with Gasteiger partial charge in [0.15, 0.2) is 0 Å². The van der Waals surface area contributed by atoms with Gasteiger partial charge in [0.25, 0.3) is 0 Å². The molecular formula is C38H24N6. The molecule has 4 heterocycles. The predicted octanol–water partition coefficient (Wildman–Crippen LogP) is 8.89. The second-order valence-electron chi connectivity index (χ2n) is 11.2. The fraction of sp³-hybridized carbons (Fsp3) is 0. The van der Waals surface area contributed by atoms with E-state index in [2.05, 4.69) is 145 Å². The number of rotatable bonds is 2. The number of fused-ring (bicyclic) bond motifs is 12. The minimum atomic E-state index is 0.798. The maximum absolute atomic E-state index is 5.26. The zero-order chi connectivity index (χ0) is 28.8. The minimum absolute atomic E-state index is 0.798. The molecular weight excluding hydrogens is 540 g/mol. The van der Waals surface area contributed by atoms with Crippen molar-refractivity contribution in [3.63, 3.8) is 0 Å². The van der Waals surface area contributed by atoms with Crippen molar-refractivity contribution in [2.24, 2.45) is 0 Å². The average Bonchev–Trinajstić information content (AvgIpc) is 3.73. The fourth-order valence-electron chi connectivity index (χ4n) is 6.92. The van der Waals surface area contributed by atoms with Crippen LogP contribution < -0.4 is 0 Å². The predicted molar refractivity (Wildman–Crippen MR) is 179 cm³/mol. The van der Waals surface area contributed by atoms with Gasteiger partial charge in [-0.25, -0.2) is 14.5 Å². The van der Waals surface area contributed by atoms with E-state index in [9.17, 15) is 0 Å². The lowest BCUT2D eigenvalue weighted by Crippen LogP contribution is -2.01. The van der Waals surface area contributed by atoms with Crippen LogP contribution in [0.1, 0.15) is 0 Å². The van der Waals surface area contributed by atoms with Crippen LogP contribution in [0.2, 0.25) is 0 Å². The highest BCUT2D eigenvalue weighted by Crippen LogP contribution is 2.34. The van der Waals surface area contributed by atoms with E-state index < -0.39 is 0 Å². The van der Waals surface area contributed by atoms with Gasteiger partial charge in [-0.1, -0.05) is 78.9 Å². The molecule has 0 fully saturated rings. The monoisotopic (exact) mass is 564 g/mol. The number of nitrogens with zero attached hydrogens (tertiary/aromatic N) is 6. The van der Waals surface area contributed by atoms with Crippen LogP contribution in [0.4, 0.5) is 0 Å². The van der Waals surface area contributed by atoms with Gasteiger partial charge in [-0.15, -0.1) is 0 Å². The van der Waals surface area contributed by atoms with Crippen molar-refractivity contribution >= 4 is 66.5 Å². The lowest BCUT2D eigenvalue weighted by Gasteiger charge is -2.10. The van der Waals surface area contributed by atoms with Crippen molar-refractivity contribution in [3.05, 3.63) is 146 Å². The molecule has 0 bridgehead atoms. The Morgan fingerprint density at radius 2 is 0.841 bits per heavy atom. The number of aromatic nitrogens is 6. The van der Waals surface area contributed by atoms with E-state index in [0.29, 0.717) is 0 Å². The molecule has 206 valence electrons. The topological polar surface area (TPSA) is 44.5 Å². The Morgan fingerprint density at radius 3 is 1.45 bits per heavy atom. The lowest BCUT2D eigenvalue weighted by atomic mass is 10.2. The zero-order valence-electron chi connectivity index (χ0n) is 23.5. The quantitative estimate of drug-likeness (QED) is 0.210. The van der Waals surface area contributed by atoms with E-state index in [4.69, 9.17) is 9.97 Å². The van der Waals surface area contributed by atoms with E-state index in [1.807, 2.05) is 18.2 Å². The van der Waals surface area contributed by atoms with Crippen LogP contribution in [-0.2, 0) is 0 Å². The molecule has 0 unspecified atom stereocenters. The van der Waals surface area contributed by atoms with Crippen molar-refractivity contribution in [3.8, 4) is 11.4 Å². The zero-order valence-corrected chi connectivity index (χ0v) is 23.5. The van der Waals surface area contributed by atoms with Gasteiger partial charge in [0.05, 0.1) is 49.8 Å². The molecule has 6 heteroatoms. The summed E-state index contributed by atoms with van der Waals surface area (Å²) in [6.07, 6.45) is 0. The van der Waals surface area contributed by atoms with E-state index in [0.717, 1.165) is 56.0 Å². The van der Waals surface area contributed by atoms with Crippen molar-refractivity contribution in [1.82, 2.24) is 27.9 Å². The Bertz CT molecular complexity index is 2720. The molecule has 4 aromatic heterocycles. The van der Waals surface area contributed by atoms with Crippen LogP contribution in [0.15, 0.2) is 146 Å². The van der Waals surface area contributed by atoms with Crippen LogP contribution in [-0.4, -0.2) is 27.9 Å². The number of benzene rings is 6. The van der Waals surface area contributed by atoms with Crippen LogP contribution in [0.5, 0.6) is 0 Å². The summed E-state index contributed by atoms with van der Waals surface area (Å²) in [5, 5.41) is 2.48. The molecule has 0 aliphatic rings. The van der Waals surface area contributed by atoms with Crippen molar-refractivity contribution in [2.75, 3.05) is 0 Å². The molecule has 0 aliphatic carbocycles. The van der Waals surface area contributed by atoms with Crippen molar-refractivity contribution in [1.29, 1.82) is 0 Å². The third kappa shape index (κ3) is 3.08. The van der Waals surface area contributed by atoms with Gasteiger partial charge in [-0.05, 0) is 66.7 Å². The first kappa shape index (κ1) is 23.4. The van der Waals surface area contributed by atoms with Gasteiger partial charge < -0.3 is 4.57 Å². The van der Waals surface area contributed by atoms with E-state index in [1.165, 1.54) is 21.8 Å². The Morgan fingerprint density at radius 1 is 0.341 bits per heavy atom. The summed E-state index contributed by atoms with van der Waals surface area (Å²) in [5.41, 5.74) is 10.5. The molecule has 0 atom stereocenters. The van der Waals surface area contributed by atoms with Crippen molar-refractivity contribution in [2.45, 2.75) is 0 Å². The molecule has 10 aromatic rings.